The average Bonchev–Trinajstić information content (AvgIpc) is 4.12. The quantitative estimate of drug-likeness (QED) is 0.179. The van der Waals surface area contributed by atoms with Crippen LogP contribution in [0.2, 0.25) is 0 Å². The normalized spacial score (nSPS) is 14.7. The van der Waals surface area contributed by atoms with E-state index in [4.69, 9.17) is 8.83 Å². The Morgan fingerprint density at radius 3 is 1.23 bits per heavy atom. The van der Waals surface area contributed by atoms with Crippen LogP contribution in [0.4, 0.5) is 0 Å². The standard InChI is InChI=1S/C58H40N2O2/c1-57(2)45-17-9-5-15-39(45)55-53(57)43-29-33(21-25-47(43)59(55)35-23-27-51-41(31-35)37-13-7-11-19-49(37)61-51)34-22-26-48-44(30-34)54-56(40-16-6-10-18-46(40)58(54,3)4)60(48)36-24-28-52-42(32-36)38-14-8-12-20-50(38)62-52/h5-32H,1-4H3. The lowest BCUT2D eigenvalue weighted by atomic mass is 9.81. The van der Waals surface area contributed by atoms with E-state index in [1.54, 1.807) is 0 Å². The lowest BCUT2D eigenvalue weighted by Gasteiger charge is -2.22. The summed E-state index contributed by atoms with van der Waals surface area (Å²) in [5.74, 6) is 0. The summed E-state index contributed by atoms with van der Waals surface area (Å²) in [6.07, 6.45) is 0. The van der Waals surface area contributed by atoms with E-state index in [9.17, 15) is 0 Å². The summed E-state index contributed by atoms with van der Waals surface area (Å²) in [5, 5.41) is 7.11. The van der Waals surface area contributed by atoms with E-state index in [1.807, 2.05) is 12.1 Å². The van der Waals surface area contributed by atoms with Gasteiger partial charge in [-0.3, -0.25) is 0 Å². The van der Waals surface area contributed by atoms with Gasteiger partial charge in [0.2, 0.25) is 0 Å². The van der Waals surface area contributed by atoms with E-state index in [0.29, 0.717) is 0 Å². The Kier molecular flexibility index (Phi) is 6.41. The van der Waals surface area contributed by atoms with Gasteiger partial charge >= 0.3 is 0 Å². The van der Waals surface area contributed by atoms with Crippen molar-refractivity contribution in [3.8, 4) is 45.0 Å². The zero-order valence-corrected chi connectivity index (χ0v) is 34.9. The number of hydrogen-bond acceptors (Lipinski definition) is 2. The summed E-state index contributed by atoms with van der Waals surface area (Å²) >= 11 is 0. The molecule has 0 unspecified atom stereocenters. The molecular weight excluding hydrogens is 757 g/mol. The van der Waals surface area contributed by atoms with E-state index in [1.165, 1.54) is 77.7 Å². The number of para-hydroxylation sites is 2. The zero-order chi connectivity index (χ0) is 41.2. The van der Waals surface area contributed by atoms with E-state index in [-0.39, 0.29) is 10.8 Å². The van der Waals surface area contributed by atoms with Crippen molar-refractivity contribution >= 4 is 65.7 Å². The minimum atomic E-state index is -0.195. The monoisotopic (exact) mass is 796 g/mol. The fourth-order valence-electron chi connectivity index (χ4n) is 11.7. The highest BCUT2D eigenvalue weighted by molar-refractivity contribution is 6.09. The maximum Gasteiger partial charge on any atom is 0.135 e. The van der Waals surface area contributed by atoms with Crippen molar-refractivity contribution in [2.45, 2.75) is 38.5 Å². The highest BCUT2D eigenvalue weighted by Gasteiger charge is 2.42. The molecule has 0 bridgehead atoms. The Balaban J connectivity index is 1.00. The third-order valence-electron chi connectivity index (χ3n) is 14.5. The second kappa shape index (κ2) is 11.6. The molecule has 4 heterocycles. The number of fused-ring (bicyclic) bond motifs is 16. The van der Waals surface area contributed by atoms with Crippen molar-refractivity contribution < 1.29 is 8.83 Å². The second-order valence-electron chi connectivity index (χ2n) is 18.5. The molecule has 12 aromatic rings. The van der Waals surface area contributed by atoms with Crippen LogP contribution in [-0.2, 0) is 10.8 Å². The van der Waals surface area contributed by atoms with Crippen LogP contribution in [-0.4, -0.2) is 9.13 Å². The average molecular weight is 797 g/mol. The molecule has 0 aliphatic heterocycles. The number of hydrogen-bond donors (Lipinski definition) is 0. The number of furan rings is 2. The van der Waals surface area contributed by atoms with Crippen molar-refractivity contribution in [2.75, 3.05) is 0 Å². The predicted molar refractivity (Wildman–Crippen MR) is 255 cm³/mol. The molecule has 0 atom stereocenters. The first-order valence-corrected chi connectivity index (χ1v) is 21.7. The first kappa shape index (κ1) is 34.2. The van der Waals surface area contributed by atoms with Gasteiger partial charge in [-0.15, -0.1) is 0 Å². The minimum absolute atomic E-state index is 0.195. The predicted octanol–water partition coefficient (Wildman–Crippen LogP) is 15.7. The van der Waals surface area contributed by atoms with Gasteiger partial charge in [-0.25, -0.2) is 0 Å². The molecule has 14 rings (SSSR count). The van der Waals surface area contributed by atoms with Crippen molar-refractivity contribution in [3.63, 3.8) is 0 Å². The molecule has 0 N–H and O–H groups in total. The fraction of sp³-hybridized carbons (Fsp3) is 0.103. The first-order valence-electron chi connectivity index (χ1n) is 21.7. The molecule has 0 fully saturated rings. The summed E-state index contributed by atoms with van der Waals surface area (Å²) in [6.45, 7) is 9.57. The van der Waals surface area contributed by atoms with Gasteiger partial charge in [0, 0.05) is 65.6 Å². The van der Waals surface area contributed by atoms with Crippen LogP contribution in [0.15, 0.2) is 179 Å². The molecule has 0 spiro atoms. The third-order valence-corrected chi connectivity index (χ3v) is 14.5. The SMILES string of the molecule is CC1(C)c2ccccc2-c2c1c1cc(-c3ccc4c(c3)c3c(n4-c4ccc5oc6ccccc6c5c4)-c4ccccc4C3(C)C)ccc1n2-c1ccc2oc3ccccc3c2c1. The highest BCUT2D eigenvalue weighted by Crippen LogP contribution is 2.56. The molecule has 4 aromatic heterocycles. The summed E-state index contributed by atoms with van der Waals surface area (Å²) < 4.78 is 17.6. The summed E-state index contributed by atoms with van der Waals surface area (Å²) in [7, 11) is 0. The zero-order valence-electron chi connectivity index (χ0n) is 34.9. The Morgan fingerprint density at radius 1 is 0.355 bits per heavy atom. The minimum Gasteiger partial charge on any atom is -0.456 e. The molecule has 62 heavy (non-hydrogen) atoms. The lowest BCUT2D eigenvalue weighted by molar-refractivity contribution is 0.666. The van der Waals surface area contributed by atoms with Gasteiger partial charge in [0.25, 0.3) is 0 Å². The van der Waals surface area contributed by atoms with Gasteiger partial charge in [-0.1, -0.05) is 125 Å². The van der Waals surface area contributed by atoms with Crippen LogP contribution >= 0.6 is 0 Å². The Labute approximate surface area is 357 Å². The molecule has 8 aromatic carbocycles. The summed E-state index contributed by atoms with van der Waals surface area (Å²) in [4.78, 5) is 0. The summed E-state index contributed by atoms with van der Waals surface area (Å²) in [6, 6.07) is 62.3. The topological polar surface area (TPSA) is 36.1 Å². The van der Waals surface area contributed by atoms with Crippen molar-refractivity contribution in [1.82, 2.24) is 9.13 Å². The molecule has 0 saturated heterocycles. The molecule has 0 saturated carbocycles. The Morgan fingerprint density at radius 2 is 0.758 bits per heavy atom. The maximum absolute atomic E-state index is 6.29. The van der Waals surface area contributed by atoms with Crippen LogP contribution in [0.3, 0.4) is 0 Å². The van der Waals surface area contributed by atoms with E-state index < -0.39 is 0 Å². The molecule has 4 nitrogen and oxygen atoms in total. The smallest absolute Gasteiger partial charge is 0.135 e. The van der Waals surface area contributed by atoms with Crippen molar-refractivity contribution in [1.29, 1.82) is 0 Å². The van der Waals surface area contributed by atoms with Crippen LogP contribution in [0.25, 0.3) is 111 Å². The van der Waals surface area contributed by atoms with E-state index in [2.05, 4.69) is 195 Å². The van der Waals surface area contributed by atoms with Gasteiger partial charge in [0.05, 0.1) is 22.4 Å². The van der Waals surface area contributed by atoms with Gasteiger partial charge < -0.3 is 18.0 Å². The Bertz CT molecular complexity index is 3680. The molecule has 4 heteroatoms. The number of rotatable bonds is 3. The molecule has 0 radical (unpaired) electrons. The maximum atomic E-state index is 6.29. The van der Waals surface area contributed by atoms with Crippen molar-refractivity contribution in [3.05, 3.63) is 192 Å². The highest BCUT2D eigenvalue weighted by atomic mass is 16.3. The van der Waals surface area contributed by atoms with Crippen LogP contribution in [0.1, 0.15) is 49.9 Å². The van der Waals surface area contributed by atoms with E-state index in [0.717, 1.165) is 55.3 Å². The molecule has 294 valence electrons. The fourth-order valence-corrected chi connectivity index (χ4v) is 11.7. The number of aromatic nitrogens is 2. The van der Waals surface area contributed by atoms with E-state index >= 15 is 0 Å². The number of benzene rings is 8. The molecule has 2 aliphatic carbocycles. The van der Waals surface area contributed by atoms with Crippen molar-refractivity contribution in [2.24, 2.45) is 0 Å². The van der Waals surface area contributed by atoms with Gasteiger partial charge in [0.15, 0.2) is 0 Å². The van der Waals surface area contributed by atoms with Crippen LogP contribution in [0, 0.1) is 0 Å². The molecular formula is C58H40N2O2. The first-order chi connectivity index (χ1) is 30.3. The molecule has 2 aliphatic rings. The van der Waals surface area contributed by atoms with Gasteiger partial charge in [0.1, 0.15) is 22.3 Å². The summed E-state index contributed by atoms with van der Waals surface area (Å²) in [5.41, 5.74) is 21.0. The molecule has 0 amide bonds. The van der Waals surface area contributed by atoms with Crippen LogP contribution < -0.4 is 0 Å². The number of nitrogens with zero attached hydrogens (tertiary/aromatic N) is 2. The van der Waals surface area contributed by atoms with Gasteiger partial charge in [-0.2, -0.15) is 0 Å². The third kappa shape index (κ3) is 4.26. The Hall–Kier alpha value is -7.56. The second-order valence-corrected chi connectivity index (χ2v) is 18.5. The largest absolute Gasteiger partial charge is 0.456 e. The van der Waals surface area contributed by atoms with Gasteiger partial charge in [-0.05, 0) is 106 Å². The lowest BCUT2D eigenvalue weighted by Crippen LogP contribution is -2.14. The van der Waals surface area contributed by atoms with Crippen LogP contribution in [0.5, 0.6) is 0 Å².